The van der Waals surface area contributed by atoms with Gasteiger partial charge in [0.1, 0.15) is 10.7 Å². The van der Waals surface area contributed by atoms with Gasteiger partial charge in [0.2, 0.25) is 0 Å². The molecule has 2 aromatic heterocycles. The molecule has 1 saturated heterocycles. The maximum absolute atomic E-state index is 12.9. The third-order valence-electron chi connectivity index (χ3n) is 6.23. The normalized spacial score (nSPS) is 23.1. The second-order valence-electron chi connectivity index (χ2n) is 8.79. The van der Waals surface area contributed by atoms with Gasteiger partial charge in [0.15, 0.2) is 0 Å². The first-order valence-corrected chi connectivity index (χ1v) is 11.3. The molecule has 27 heavy (non-hydrogen) atoms. The predicted molar refractivity (Wildman–Crippen MR) is 113 cm³/mol. The summed E-state index contributed by atoms with van der Waals surface area (Å²) in [6.45, 7) is 11.0. The quantitative estimate of drug-likeness (QED) is 0.840. The maximum Gasteiger partial charge on any atom is 0.259 e. The predicted octanol–water partition coefficient (Wildman–Crippen LogP) is 3.63. The number of hydrogen-bond acceptors (Lipinski definition) is 5. The molecule has 0 aromatic carbocycles. The largest absolute Gasteiger partial charge is 0.312 e. The average molecular weight is 389 g/mol. The Morgan fingerprint density at radius 3 is 2.67 bits per heavy atom. The molecule has 1 fully saturated rings. The molecular weight excluding hydrogens is 356 g/mol. The number of piperidine rings is 1. The first-order valence-electron chi connectivity index (χ1n) is 10.5. The lowest BCUT2D eigenvalue weighted by molar-refractivity contribution is 0.145. The summed E-state index contributed by atoms with van der Waals surface area (Å²) in [6, 6.07) is 1.29. The Kier molecular flexibility index (Phi) is 5.41. The minimum atomic E-state index is 0.0604. The third-order valence-corrected chi connectivity index (χ3v) is 7.37. The second kappa shape index (κ2) is 7.64. The van der Waals surface area contributed by atoms with E-state index in [1.807, 2.05) is 0 Å². The van der Waals surface area contributed by atoms with Crippen molar-refractivity contribution in [3.8, 4) is 0 Å². The number of likely N-dealkylation sites (tertiary alicyclic amines) is 1. The van der Waals surface area contributed by atoms with E-state index in [0.717, 1.165) is 54.8 Å². The SMILES string of the molecule is CC1CCc2c(sc3nc(C(C)N4CCC(NC(C)C)CC4)[nH]c(=O)c23)C1. The van der Waals surface area contributed by atoms with Gasteiger partial charge in [0.25, 0.3) is 5.56 Å². The molecule has 6 heteroatoms. The van der Waals surface area contributed by atoms with Gasteiger partial charge in [0, 0.05) is 30.1 Å². The van der Waals surface area contributed by atoms with Crippen LogP contribution in [-0.2, 0) is 12.8 Å². The van der Waals surface area contributed by atoms with Crippen LogP contribution in [0.3, 0.4) is 0 Å². The highest BCUT2D eigenvalue weighted by Crippen LogP contribution is 2.36. The lowest BCUT2D eigenvalue weighted by Crippen LogP contribution is -2.45. The Morgan fingerprint density at radius 2 is 1.96 bits per heavy atom. The Balaban J connectivity index is 1.55. The molecule has 3 heterocycles. The van der Waals surface area contributed by atoms with Crippen molar-refractivity contribution in [3.05, 3.63) is 26.6 Å². The molecular formula is C21H32N4OS. The van der Waals surface area contributed by atoms with E-state index in [2.05, 4.69) is 42.9 Å². The van der Waals surface area contributed by atoms with Gasteiger partial charge in [0.05, 0.1) is 11.4 Å². The zero-order valence-electron chi connectivity index (χ0n) is 17.0. The molecule has 5 nitrogen and oxygen atoms in total. The van der Waals surface area contributed by atoms with E-state index in [0.29, 0.717) is 18.0 Å². The zero-order valence-corrected chi connectivity index (χ0v) is 17.8. The fourth-order valence-electron chi connectivity index (χ4n) is 4.66. The van der Waals surface area contributed by atoms with Crippen molar-refractivity contribution in [1.82, 2.24) is 20.2 Å². The van der Waals surface area contributed by atoms with E-state index in [9.17, 15) is 4.79 Å². The Bertz CT molecular complexity index is 863. The zero-order chi connectivity index (χ0) is 19.1. The molecule has 2 aliphatic rings. The number of nitrogens with zero attached hydrogens (tertiary/aromatic N) is 2. The lowest BCUT2D eigenvalue weighted by Gasteiger charge is -2.36. The summed E-state index contributed by atoms with van der Waals surface area (Å²) in [7, 11) is 0. The molecule has 4 rings (SSSR count). The van der Waals surface area contributed by atoms with Crippen LogP contribution in [0.5, 0.6) is 0 Å². The molecule has 2 N–H and O–H groups in total. The number of nitrogens with one attached hydrogen (secondary N) is 2. The number of aromatic amines is 1. The van der Waals surface area contributed by atoms with Crippen LogP contribution in [0.25, 0.3) is 10.2 Å². The highest BCUT2D eigenvalue weighted by molar-refractivity contribution is 7.18. The second-order valence-corrected chi connectivity index (χ2v) is 9.87. The van der Waals surface area contributed by atoms with Crippen molar-refractivity contribution in [2.24, 2.45) is 5.92 Å². The monoisotopic (exact) mass is 388 g/mol. The van der Waals surface area contributed by atoms with Crippen LogP contribution >= 0.6 is 11.3 Å². The fourth-order valence-corrected chi connectivity index (χ4v) is 6.05. The maximum atomic E-state index is 12.9. The molecule has 2 unspecified atom stereocenters. The summed E-state index contributed by atoms with van der Waals surface area (Å²) < 4.78 is 0. The fraction of sp³-hybridized carbons (Fsp3) is 0.714. The topological polar surface area (TPSA) is 61.0 Å². The smallest absolute Gasteiger partial charge is 0.259 e. The Hall–Kier alpha value is -1.24. The molecule has 0 saturated carbocycles. The Morgan fingerprint density at radius 1 is 1.22 bits per heavy atom. The van der Waals surface area contributed by atoms with Crippen LogP contribution in [0.15, 0.2) is 4.79 Å². The van der Waals surface area contributed by atoms with Crippen LogP contribution in [-0.4, -0.2) is 40.0 Å². The number of H-pyrrole nitrogens is 1. The lowest BCUT2D eigenvalue weighted by atomic mass is 9.89. The van der Waals surface area contributed by atoms with Crippen molar-refractivity contribution in [2.45, 2.75) is 77.9 Å². The van der Waals surface area contributed by atoms with E-state index in [1.54, 1.807) is 11.3 Å². The van der Waals surface area contributed by atoms with E-state index in [-0.39, 0.29) is 11.6 Å². The number of fused-ring (bicyclic) bond motifs is 3. The van der Waals surface area contributed by atoms with Crippen molar-refractivity contribution in [1.29, 1.82) is 0 Å². The molecule has 1 aliphatic heterocycles. The molecule has 148 valence electrons. The van der Waals surface area contributed by atoms with Crippen LogP contribution < -0.4 is 10.9 Å². The van der Waals surface area contributed by atoms with Crippen molar-refractivity contribution >= 4 is 21.6 Å². The van der Waals surface area contributed by atoms with Crippen LogP contribution in [0.2, 0.25) is 0 Å². The minimum absolute atomic E-state index is 0.0604. The van der Waals surface area contributed by atoms with E-state index < -0.39 is 0 Å². The number of hydrogen-bond donors (Lipinski definition) is 2. The molecule has 0 bridgehead atoms. The molecule has 2 atom stereocenters. The number of aryl methyl sites for hydroxylation is 1. The van der Waals surface area contributed by atoms with Crippen LogP contribution in [0, 0.1) is 5.92 Å². The van der Waals surface area contributed by atoms with Gasteiger partial charge in [-0.15, -0.1) is 11.3 Å². The standard InChI is InChI=1S/C21H32N4OS/c1-12(2)22-15-7-9-25(10-8-15)14(4)19-23-20(26)18-16-6-5-13(3)11-17(16)27-21(18)24-19/h12-15,22H,5-11H2,1-4H3,(H,23,24,26). The average Bonchev–Trinajstić information content (AvgIpc) is 2.99. The number of rotatable bonds is 4. The molecule has 2 aromatic rings. The van der Waals surface area contributed by atoms with Gasteiger partial charge in [-0.05, 0) is 50.5 Å². The highest BCUT2D eigenvalue weighted by Gasteiger charge is 2.27. The number of aromatic nitrogens is 2. The van der Waals surface area contributed by atoms with E-state index in [1.165, 1.54) is 16.9 Å². The Labute approximate surface area is 165 Å². The van der Waals surface area contributed by atoms with Crippen molar-refractivity contribution < 1.29 is 0 Å². The van der Waals surface area contributed by atoms with E-state index >= 15 is 0 Å². The molecule has 1 aliphatic carbocycles. The van der Waals surface area contributed by atoms with Crippen molar-refractivity contribution in [3.63, 3.8) is 0 Å². The van der Waals surface area contributed by atoms with Gasteiger partial charge >= 0.3 is 0 Å². The molecule has 0 amide bonds. The minimum Gasteiger partial charge on any atom is -0.312 e. The summed E-state index contributed by atoms with van der Waals surface area (Å²) in [4.78, 5) is 25.7. The number of thiophene rings is 1. The first kappa shape index (κ1) is 19.1. The van der Waals surface area contributed by atoms with Crippen LogP contribution in [0.4, 0.5) is 0 Å². The van der Waals surface area contributed by atoms with Gasteiger partial charge < -0.3 is 10.3 Å². The third kappa shape index (κ3) is 3.84. The summed E-state index contributed by atoms with van der Waals surface area (Å²) in [5.74, 6) is 1.54. The van der Waals surface area contributed by atoms with Gasteiger partial charge in [-0.25, -0.2) is 4.98 Å². The van der Waals surface area contributed by atoms with Crippen molar-refractivity contribution in [2.75, 3.05) is 13.1 Å². The van der Waals surface area contributed by atoms with Gasteiger partial charge in [-0.1, -0.05) is 20.8 Å². The highest BCUT2D eigenvalue weighted by atomic mass is 32.1. The summed E-state index contributed by atoms with van der Waals surface area (Å²) in [5, 5.41) is 4.51. The van der Waals surface area contributed by atoms with Crippen LogP contribution in [0.1, 0.15) is 69.3 Å². The first-order chi connectivity index (χ1) is 12.9. The summed E-state index contributed by atoms with van der Waals surface area (Å²) in [5.41, 5.74) is 1.33. The van der Waals surface area contributed by atoms with Gasteiger partial charge in [-0.2, -0.15) is 0 Å². The molecule has 0 spiro atoms. The summed E-state index contributed by atoms with van der Waals surface area (Å²) in [6.07, 6.45) is 5.60. The summed E-state index contributed by atoms with van der Waals surface area (Å²) >= 11 is 1.74. The van der Waals surface area contributed by atoms with E-state index in [4.69, 9.17) is 4.98 Å². The van der Waals surface area contributed by atoms with Gasteiger partial charge in [-0.3, -0.25) is 9.69 Å². The molecule has 0 radical (unpaired) electrons.